The zero-order chi connectivity index (χ0) is 59.0. The van der Waals surface area contributed by atoms with Crippen LogP contribution in [-0.4, -0.2) is 59.5 Å². The number of hydrogen-bond donors (Lipinski definition) is 0. The number of fused-ring (bicyclic) bond motifs is 4. The fraction of sp³-hybridized carbons (Fsp3) is 0.125. The minimum atomic E-state index is -4.69. The lowest BCUT2D eigenvalue weighted by atomic mass is 10.1. The SMILES string of the molecule is Cc1cc(S(=O)(=O)C(Br)(Br)Br)c2ccccc2n1.O=S(=O)(c1cc(-c2ccccc2)nc2ccccc12)C(Br)(Br)Br.O=S(=O)(c1cc(C(F)(F)F)c2ccccc2n1)C(Br)(Br)Br.O=S(=O)(c1ccc2ccccc2n1)C(Br)(Br)Br. The van der Waals surface area contributed by atoms with E-state index in [1.807, 2.05) is 60.7 Å². The predicted molar refractivity (Wildman–Crippen MR) is 349 cm³/mol. The largest absolute Gasteiger partial charge is 0.417 e. The number of sulfone groups is 4. The molecular weight excluding hydrogens is 1900 g/mol. The number of alkyl halides is 15. The molecule has 0 saturated heterocycles. The summed E-state index contributed by atoms with van der Waals surface area (Å²) in [5.74, 6) is 0. The summed E-state index contributed by atoms with van der Waals surface area (Å²) in [4.78, 5) is 17.3. The molecule has 4 aromatic heterocycles. The van der Waals surface area contributed by atoms with Gasteiger partial charge in [-0.3, -0.25) is 4.98 Å². The van der Waals surface area contributed by atoms with E-state index in [4.69, 9.17) is 0 Å². The Kier molecular flexibility index (Phi) is 22.1. The Morgan fingerprint density at radius 3 is 1.23 bits per heavy atom. The molecule has 0 spiro atoms. The summed E-state index contributed by atoms with van der Waals surface area (Å²) >= 11 is 36.0. The number of nitrogens with zero attached hydrogens (tertiary/aromatic N) is 4. The first kappa shape index (κ1) is 67.2. The molecule has 0 bridgehead atoms. The van der Waals surface area contributed by atoms with Gasteiger partial charge in [0, 0.05) is 32.8 Å². The predicted octanol–water partition coefficient (Wildman–Crippen LogP) is 18.2. The van der Waals surface area contributed by atoms with Crippen LogP contribution in [0.4, 0.5) is 13.2 Å². The Morgan fingerprint density at radius 1 is 0.367 bits per heavy atom. The average molecular weight is 1930 g/mol. The number of aromatic nitrogens is 4. The second-order valence-corrected chi connectivity index (χ2v) is 57.4. The second-order valence-electron chi connectivity index (χ2n) is 15.8. The van der Waals surface area contributed by atoms with Crippen LogP contribution in [0.15, 0.2) is 178 Å². The minimum Gasteiger partial charge on any atom is -0.253 e. The Balaban J connectivity index is 0.000000171. The topological polar surface area (TPSA) is 188 Å². The molecule has 0 aliphatic rings. The van der Waals surface area contributed by atoms with Crippen LogP contribution < -0.4 is 0 Å². The first-order valence-electron chi connectivity index (χ1n) is 21.2. The number of halogens is 15. The van der Waals surface area contributed by atoms with Gasteiger partial charge < -0.3 is 0 Å². The smallest absolute Gasteiger partial charge is 0.253 e. The van der Waals surface area contributed by atoms with E-state index in [0.29, 0.717) is 44.8 Å². The highest BCUT2D eigenvalue weighted by molar-refractivity contribution is 9.43. The molecule has 418 valence electrons. The van der Waals surface area contributed by atoms with Gasteiger partial charge in [0.05, 0.1) is 43.1 Å². The molecule has 0 saturated carbocycles. The molecule has 5 aromatic carbocycles. The number of pyridine rings is 4. The lowest BCUT2D eigenvalue weighted by molar-refractivity contribution is -0.136. The quantitative estimate of drug-likeness (QED) is 0.149. The normalized spacial score (nSPS) is 13.0. The summed E-state index contributed by atoms with van der Waals surface area (Å²) in [6.07, 6.45) is -4.69. The number of rotatable bonds is 5. The van der Waals surface area contributed by atoms with E-state index in [1.165, 1.54) is 30.3 Å². The molecule has 0 unspecified atom stereocenters. The average Bonchev–Trinajstić information content (AvgIpc) is 3.44. The third kappa shape index (κ3) is 15.8. The molecule has 9 aromatic rings. The van der Waals surface area contributed by atoms with Gasteiger partial charge in [-0.1, -0.05) is 103 Å². The van der Waals surface area contributed by atoms with Crippen LogP contribution in [-0.2, 0) is 45.5 Å². The molecular formula is C48H29Br12F3N4O8S4. The molecule has 9 rings (SSSR count). The zero-order valence-electron chi connectivity index (χ0n) is 38.9. The van der Waals surface area contributed by atoms with Crippen LogP contribution >= 0.6 is 191 Å². The molecule has 31 heteroatoms. The van der Waals surface area contributed by atoms with Gasteiger partial charge in [0.15, 0.2) is 10.1 Å². The van der Waals surface area contributed by atoms with E-state index in [-0.39, 0.29) is 25.7 Å². The lowest BCUT2D eigenvalue weighted by Crippen LogP contribution is -2.20. The Morgan fingerprint density at radius 2 is 0.747 bits per heavy atom. The van der Waals surface area contributed by atoms with E-state index in [2.05, 4.69) is 211 Å². The van der Waals surface area contributed by atoms with Crippen LogP contribution in [0.2, 0.25) is 0 Å². The molecule has 0 aliphatic carbocycles. The van der Waals surface area contributed by atoms with Crippen molar-refractivity contribution in [3.63, 3.8) is 0 Å². The summed E-state index contributed by atoms with van der Waals surface area (Å²) in [5, 5.41) is 1.23. The third-order valence-electron chi connectivity index (χ3n) is 10.5. The highest BCUT2D eigenvalue weighted by Crippen LogP contribution is 2.48. The van der Waals surface area contributed by atoms with Gasteiger partial charge in [0.2, 0.25) is 45.2 Å². The van der Waals surface area contributed by atoms with E-state index in [9.17, 15) is 46.8 Å². The molecule has 0 fully saturated rings. The molecule has 0 radical (unpaired) electrons. The first-order valence-corrected chi connectivity index (χ1v) is 36.7. The second kappa shape index (κ2) is 26.0. The Labute approximate surface area is 552 Å². The molecule has 0 N–H and O–H groups in total. The maximum absolute atomic E-state index is 13.1. The lowest BCUT2D eigenvalue weighted by Gasteiger charge is -2.16. The van der Waals surface area contributed by atoms with Gasteiger partial charge in [0.1, 0.15) is 0 Å². The van der Waals surface area contributed by atoms with E-state index in [1.54, 1.807) is 67.6 Å². The molecule has 0 atom stereocenters. The van der Waals surface area contributed by atoms with Crippen molar-refractivity contribution in [1.82, 2.24) is 19.9 Å². The van der Waals surface area contributed by atoms with Crippen molar-refractivity contribution in [2.24, 2.45) is 0 Å². The fourth-order valence-electron chi connectivity index (χ4n) is 6.82. The molecule has 0 amide bonds. The Bertz CT molecular complexity index is 4230. The van der Waals surface area contributed by atoms with Crippen LogP contribution in [0.1, 0.15) is 11.3 Å². The highest BCUT2D eigenvalue weighted by atomic mass is 80.0. The number of benzene rings is 5. The van der Waals surface area contributed by atoms with Crippen LogP contribution in [0.25, 0.3) is 54.9 Å². The van der Waals surface area contributed by atoms with Crippen molar-refractivity contribution >= 4 is 274 Å². The van der Waals surface area contributed by atoms with E-state index < -0.39 is 62.0 Å². The number of para-hydroxylation sites is 4. The summed E-state index contributed by atoms with van der Waals surface area (Å²) in [5.41, 5.74) is 2.95. The van der Waals surface area contributed by atoms with Crippen molar-refractivity contribution < 1.29 is 46.8 Å². The van der Waals surface area contributed by atoms with Crippen LogP contribution in [0.5, 0.6) is 0 Å². The third-order valence-corrected chi connectivity index (χ3v) is 31.6. The summed E-state index contributed by atoms with van der Waals surface area (Å²) in [6, 6.07) is 43.5. The molecule has 4 heterocycles. The van der Waals surface area contributed by atoms with Crippen molar-refractivity contribution in [3.05, 3.63) is 169 Å². The van der Waals surface area contributed by atoms with Crippen molar-refractivity contribution in [2.75, 3.05) is 0 Å². The van der Waals surface area contributed by atoms with Gasteiger partial charge in [-0.25, -0.2) is 48.6 Å². The molecule has 12 nitrogen and oxygen atoms in total. The Hall–Kier alpha value is -0.910. The number of aryl methyl sites for hydroxylation is 1. The van der Waals surface area contributed by atoms with Crippen molar-refractivity contribution in [3.8, 4) is 11.3 Å². The summed E-state index contributed by atoms with van der Waals surface area (Å²) < 4.78 is 133. The van der Waals surface area contributed by atoms with Gasteiger partial charge in [0.25, 0.3) is 0 Å². The summed E-state index contributed by atoms with van der Waals surface area (Å²) in [7, 11) is -15.2. The maximum atomic E-state index is 13.1. The van der Waals surface area contributed by atoms with Gasteiger partial charge >= 0.3 is 6.18 Å². The van der Waals surface area contributed by atoms with Gasteiger partial charge in [-0.2, -0.15) is 13.2 Å². The van der Waals surface area contributed by atoms with E-state index >= 15 is 0 Å². The van der Waals surface area contributed by atoms with Crippen molar-refractivity contribution in [2.45, 2.75) is 38.8 Å². The maximum Gasteiger partial charge on any atom is 0.417 e. The minimum absolute atomic E-state index is 0.00169. The van der Waals surface area contributed by atoms with Gasteiger partial charge in [-0.05, 0) is 253 Å². The highest BCUT2D eigenvalue weighted by Gasteiger charge is 2.43. The first-order chi connectivity index (χ1) is 36.3. The zero-order valence-corrected chi connectivity index (χ0v) is 61.2. The molecule has 0 aliphatic heterocycles. The van der Waals surface area contributed by atoms with E-state index in [0.717, 1.165) is 10.9 Å². The summed E-state index contributed by atoms with van der Waals surface area (Å²) in [6.45, 7) is 1.77. The van der Waals surface area contributed by atoms with Gasteiger partial charge in [-0.15, -0.1) is 0 Å². The fourth-order valence-corrected chi connectivity index (χ4v) is 16.4. The van der Waals surface area contributed by atoms with Crippen LogP contribution in [0, 0.1) is 6.92 Å². The molecule has 79 heavy (non-hydrogen) atoms. The monoisotopic (exact) mass is 1920 g/mol. The van der Waals surface area contributed by atoms with Crippen LogP contribution in [0.3, 0.4) is 0 Å². The number of hydrogen-bond acceptors (Lipinski definition) is 12. The van der Waals surface area contributed by atoms with Crippen molar-refractivity contribution in [1.29, 1.82) is 0 Å². The standard InChI is InChI=1S/C16H10Br3NO2S.C11H5Br3F3NO2S.C11H8Br3NO2S.C10H6Br3NO2S/c17-16(18,19)23(21,22)15-10-14(11-6-2-1-3-7-11)20-13-9-5-4-8-12(13)15;12-11(13,14)21(19,20)9-5-7(10(15,16)17)6-3-1-2-4-8(6)18-9;1-7-6-10(18(16,17)11(12,13)14)8-4-2-3-5-9(8)15-7;11-10(12,13)17(15,16)9-6-5-7-3-1-2-4-8(7)14-9/h1-10H;1-5H;2-6H,1H3;1-6H.